The normalized spacial score (nSPS) is 10.8. The van der Waals surface area contributed by atoms with E-state index in [0.717, 1.165) is 11.1 Å². The van der Waals surface area contributed by atoms with Gasteiger partial charge in [0.2, 0.25) is 5.91 Å². The molecule has 1 amide bonds. The number of hydrogen-bond acceptors (Lipinski definition) is 1. The highest BCUT2D eigenvalue weighted by molar-refractivity contribution is 5.94. The molecule has 2 aromatic carbocycles. The smallest absolute Gasteiger partial charge is 0.249 e. The lowest BCUT2D eigenvalue weighted by Gasteiger charge is -2.09. The minimum Gasteiger partial charge on any atom is -0.366 e. The molecule has 0 saturated carbocycles. The summed E-state index contributed by atoms with van der Waals surface area (Å²) in [5.74, 6) is -0.382. The molecule has 2 N–H and O–H groups in total. The standard InChI is InChI=1S/C17H16N2O/c1-12-6-7-16-13(10-12)8-9-19(16)11-14-4-2-3-5-15(14)17(18)20/h2-10H,11H2,1H3,(H2,18,20). The minimum absolute atomic E-state index is 0.382. The highest BCUT2D eigenvalue weighted by atomic mass is 16.1. The lowest BCUT2D eigenvalue weighted by Crippen LogP contribution is -2.14. The number of amides is 1. The van der Waals surface area contributed by atoms with Crippen LogP contribution in [0.3, 0.4) is 0 Å². The van der Waals surface area contributed by atoms with Crippen molar-refractivity contribution < 1.29 is 4.79 Å². The van der Waals surface area contributed by atoms with Gasteiger partial charge in [-0.25, -0.2) is 0 Å². The van der Waals surface area contributed by atoms with E-state index in [1.165, 1.54) is 10.9 Å². The second kappa shape index (κ2) is 4.85. The quantitative estimate of drug-likeness (QED) is 0.776. The Kier molecular flexibility index (Phi) is 3.03. The van der Waals surface area contributed by atoms with Gasteiger partial charge in [0.25, 0.3) is 0 Å². The van der Waals surface area contributed by atoms with Crippen LogP contribution in [-0.2, 0) is 6.54 Å². The topological polar surface area (TPSA) is 48.0 Å². The fourth-order valence-corrected chi connectivity index (χ4v) is 2.54. The molecule has 0 aliphatic heterocycles. The molecule has 0 aliphatic rings. The van der Waals surface area contributed by atoms with Crippen LogP contribution < -0.4 is 5.73 Å². The van der Waals surface area contributed by atoms with Crippen molar-refractivity contribution in [1.82, 2.24) is 4.57 Å². The third kappa shape index (κ3) is 2.18. The molecule has 0 spiro atoms. The van der Waals surface area contributed by atoms with Crippen LogP contribution in [0.1, 0.15) is 21.5 Å². The van der Waals surface area contributed by atoms with E-state index in [4.69, 9.17) is 5.73 Å². The fraction of sp³-hybridized carbons (Fsp3) is 0.118. The van der Waals surface area contributed by atoms with Crippen molar-refractivity contribution in [1.29, 1.82) is 0 Å². The first-order valence-electron chi connectivity index (χ1n) is 6.58. The summed E-state index contributed by atoms with van der Waals surface area (Å²) in [5, 5.41) is 1.21. The molecule has 0 saturated heterocycles. The summed E-state index contributed by atoms with van der Waals surface area (Å²) in [6.07, 6.45) is 2.04. The van der Waals surface area contributed by atoms with Crippen LogP contribution in [0.2, 0.25) is 0 Å². The molecule has 3 aromatic rings. The summed E-state index contributed by atoms with van der Waals surface area (Å²) in [4.78, 5) is 11.5. The number of nitrogens with zero attached hydrogens (tertiary/aromatic N) is 1. The Morgan fingerprint density at radius 3 is 2.75 bits per heavy atom. The highest BCUT2D eigenvalue weighted by Gasteiger charge is 2.09. The second-order valence-electron chi connectivity index (χ2n) is 5.03. The molecular formula is C17H16N2O. The molecule has 3 rings (SSSR count). The van der Waals surface area contributed by atoms with Crippen molar-refractivity contribution in [2.24, 2.45) is 5.73 Å². The van der Waals surface area contributed by atoms with Crippen LogP contribution in [0.15, 0.2) is 54.7 Å². The van der Waals surface area contributed by atoms with Gasteiger partial charge in [0.1, 0.15) is 0 Å². The Labute approximate surface area is 117 Å². The van der Waals surface area contributed by atoms with Gasteiger partial charge < -0.3 is 10.3 Å². The largest absolute Gasteiger partial charge is 0.366 e. The number of primary amides is 1. The van der Waals surface area contributed by atoms with Gasteiger partial charge in [-0.15, -0.1) is 0 Å². The molecule has 1 aromatic heterocycles. The van der Waals surface area contributed by atoms with E-state index < -0.39 is 0 Å². The minimum atomic E-state index is -0.382. The van der Waals surface area contributed by atoms with Crippen molar-refractivity contribution in [3.05, 3.63) is 71.4 Å². The number of rotatable bonds is 3. The number of nitrogens with two attached hydrogens (primary N) is 1. The number of carbonyl (C=O) groups excluding carboxylic acids is 1. The number of hydrogen-bond donors (Lipinski definition) is 1. The maximum absolute atomic E-state index is 11.5. The summed E-state index contributed by atoms with van der Waals surface area (Å²) in [7, 11) is 0. The first kappa shape index (κ1) is 12.5. The van der Waals surface area contributed by atoms with E-state index in [9.17, 15) is 4.79 Å². The molecule has 3 nitrogen and oxygen atoms in total. The Morgan fingerprint density at radius 2 is 1.95 bits per heavy atom. The predicted octanol–water partition coefficient (Wildman–Crippen LogP) is 3.10. The highest BCUT2D eigenvalue weighted by Crippen LogP contribution is 2.19. The van der Waals surface area contributed by atoms with E-state index in [1.54, 1.807) is 6.07 Å². The zero-order valence-corrected chi connectivity index (χ0v) is 11.3. The van der Waals surface area contributed by atoms with Crippen molar-refractivity contribution in [3.8, 4) is 0 Å². The summed E-state index contributed by atoms with van der Waals surface area (Å²) in [6.45, 7) is 2.73. The zero-order valence-electron chi connectivity index (χ0n) is 11.3. The van der Waals surface area contributed by atoms with Gasteiger partial charge >= 0.3 is 0 Å². The van der Waals surface area contributed by atoms with Gasteiger partial charge in [-0.2, -0.15) is 0 Å². The monoisotopic (exact) mass is 264 g/mol. The van der Waals surface area contributed by atoms with Crippen LogP contribution in [0.5, 0.6) is 0 Å². The molecule has 20 heavy (non-hydrogen) atoms. The molecule has 0 bridgehead atoms. The lowest BCUT2D eigenvalue weighted by molar-refractivity contribution is 0.0999. The van der Waals surface area contributed by atoms with E-state index >= 15 is 0 Å². The van der Waals surface area contributed by atoms with E-state index in [1.807, 2.05) is 24.4 Å². The van der Waals surface area contributed by atoms with Gasteiger partial charge in [-0.05, 0) is 42.1 Å². The maximum Gasteiger partial charge on any atom is 0.249 e. The van der Waals surface area contributed by atoms with Crippen molar-refractivity contribution in [3.63, 3.8) is 0 Å². The molecule has 100 valence electrons. The number of fused-ring (bicyclic) bond motifs is 1. The van der Waals surface area contributed by atoms with Gasteiger partial charge in [0.05, 0.1) is 0 Å². The molecule has 1 heterocycles. The van der Waals surface area contributed by atoms with Crippen molar-refractivity contribution in [2.75, 3.05) is 0 Å². The van der Waals surface area contributed by atoms with Crippen LogP contribution in [0.25, 0.3) is 10.9 Å². The average molecular weight is 264 g/mol. The van der Waals surface area contributed by atoms with Gasteiger partial charge in [-0.3, -0.25) is 4.79 Å². The predicted molar refractivity (Wildman–Crippen MR) is 80.7 cm³/mol. The Hall–Kier alpha value is -2.55. The molecule has 0 fully saturated rings. The molecule has 3 heteroatoms. The first-order chi connectivity index (χ1) is 9.65. The van der Waals surface area contributed by atoms with Crippen LogP contribution in [-0.4, -0.2) is 10.5 Å². The van der Waals surface area contributed by atoms with Gasteiger partial charge in [0.15, 0.2) is 0 Å². The summed E-state index contributed by atoms with van der Waals surface area (Å²) < 4.78 is 2.14. The third-order valence-corrected chi connectivity index (χ3v) is 3.55. The van der Waals surface area contributed by atoms with Crippen LogP contribution in [0, 0.1) is 6.92 Å². The SMILES string of the molecule is Cc1ccc2c(ccn2Cc2ccccc2C(N)=O)c1. The Morgan fingerprint density at radius 1 is 1.15 bits per heavy atom. The van der Waals surface area contributed by atoms with Crippen molar-refractivity contribution >= 4 is 16.8 Å². The molecular weight excluding hydrogens is 248 g/mol. The average Bonchev–Trinajstić information content (AvgIpc) is 2.81. The molecule has 0 aliphatic carbocycles. The number of aryl methyl sites for hydroxylation is 1. The zero-order chi connectivity index (χ0) is 14.1. The Bertz CT molecular complexity index is 787. The second-order valence-corrected chi connectivity index (χ2v) is 5.03. The van der Waals surface area contributed by atoms with Gasteiger partial charge in [0, 0.05) is 23.8 Å². The first-order valence-corrected chi connectivity index (χ1v) is 6.58. The number of benzene rings is 2. The summed E-state index contributed by atoms with van der Waals surface area (Å²) >= 11 is 0. The molecule has 0 unspecified atom stereocenters. The van der Waals surface area contributed by atoms with Crippen LogP contribution in [0.4, 0.5) is 0 Å². The van der Waals surface area contributed by atoms with E-state index in [0.29, 0.717) is 12.1 Å². The van der Waals surface area contributed by atoms with Gasteiger partial charge in [-0.1, -0.05) is 29.8 Å². The Balaban J connectivity index is 2.04. The fourth-order valence-electron chi connectivity index (χ4n) is 2.54. The van der Waals surface area contributed by atoms with E-state index in [-0.39, 0.29) is 5.91 Å². The number of carbonyl (C=O) groups is 1. The number of aromatic nitrogens is 1. The third-order valence-electron chi connectivity index (χ3n) is 3.55. The van der Waals surface area contributed by atoms with Crippen molar-refractivity contribution in [2.45, 2.75) is 13.5 Å². The van der Waals surface area contributed by atoms with Crippen LogP contribution >= 0.6 is 0 Å². The molecule has 0 atom stereocenters. The lowest BCUT2D eigenvalue weighted by atomic mass is 10.1. The maximum atomic E-state index is 11.5. The summed E-state index contributed by atoms with van der Waals surface area (Å²) in [5.41, 5.74) is 9.36. The van der Waals surface area contributed by atoms with E-state index in [2.05, 4.69) is 35.8 Å². The molecule has 0 radical (unpaired) electrons. The summed E-state index contributed by atoms with van der Waals surface area (Å²) in [6, 6.07) is 15.9.